The Labute approximate surface area is 107 Å². The van der Waals surface area contributed by atoms with E-state index in [9.17, 15) is 9.59 Å². The van der Waals surface area contributed by atoms with Gasteiger partial charge in [0, 0.05) is 21.1 Å². The number of carbonyl (C=O) groups is 2. The molecule has 1 aromatic rings. The van der Waals surface area contributed by atoms with Crippen LogP contribution >= 0.6 is 9.90 Å². The molecule has 1 atom stereocenters. The largest absolute Gasteiger partial charge is 0.366 e. The van der Waals surface area contributed by atoms with Crippen LogP contribution in [0.4, 0.5) is 0 Å². The van der Waals surface area contributed by atoms with Crippen molar-refractivity contribution in [1.82, 2.24) is 0 Å². The van der Waals surface area contributed by atoms with Gasteiger partial charge in [-0.25, -0.2) is 0 Å². The SMILES string of the molecule is C.O=C1[C-]=CC(=O)c2ccccc21.P.[W]. The minimum absolute atomic E-state index is 0. The summed E-state index contributed by atoms with van der Waals surface area (Å²) in [6.45, 7) is 0. The number of hydrogen-bond donors (Lipinski definition) is 0. The molecule has 0 N–H and O–H groups in total. The molecule has 0 saturated heterocycles. The topological polar surface area (TPSA) is 34.1 Å². The summed E-state index contributed by atoms with van der Waals surface area (Å²) < 4.78 is 0. The maximum atomic E-state index is 11.2. The van der Waals surface area contributed by atoms with Gasteiger partial charge in [-0.3, -0.25) is 0 Å². The smallest absolute Gasteiger partial charge is 0.0751 e. The molecule has 0 radical (unpaired) electrons. The van der Waals surface area contributed by atoms with Crippen molar-refractivity contribution in [1.29, 1.82) is 0 Å². The molecule has 1 aliphatic carbocycles. The summed E-state index contributed by atoms with van der Waals surface area (Å²) in [5.41, 5.74) is 0.922. The fourth-order valence-corrected chi connectivity index (χ4v) is 1.18. The van der Waals surface area contributed by atoms with E-state index in [0.717, 1.165) is 0 Å². The Bertz CT molecular complexity index is 362. The third-order valence-corrected chi connectivity index (χ3v) is 1.77. The van der Waals surface area contributed by atoms with E-state index in [1.165, 1.54) is 6.08 Å². The average molecular weight is 391 g/mol. The second-order valence-electron chi connectivity index (χ2n) is 2.53. The monoisotopic (exact) mass is 391 g/mol. The molecule has 2 nitrogen and oxygen atoms in total. The summed E-state index contributed by atoms with van der Waals surface area (Å²) in [4.78, 5) is 22.3. The molecule has 0 bridgehead atoms. The number of allylic oxidation sites excluding steroid dienone is 2. The van der Waals surface area contributed by atoms with Crippen LogP contribution in [0, 0.1) is 6.08 Å². The first-order valence-electron chi connectivity index (χ1n) is 3.56. The van der Waals surface area contributed by atoms with Crippen molar-refractivity contribution in [3.8, 4) is 0 Å². The van der Waals surface area contributed by atoms with Crippen LogP contribution in [0.5, 0.6) is 0 Å². The molecule has 4 heteroatoms. The van der Waals surface area contributed by atoms with Gasteiger partial charge < -0.3 is 9.59 Å². The molecular formula is C11H12O2PW-. The number of carbonyl (C=O) groups excluding carboxylic acids is 2. The van der Waals surface area contributed by atoms with Crippen molar-refractivity contribution in [3.63, 3.8) is 0 Å². The maximum Gasteiger partial charge on any atom is 0.0751 e. The molecular weight excluding hydrogens is 379 g/mol. The molecule has 1 unspecified atom stereocenters. The van der Waals surface area contributed by atoms with Crippen LogP contribution in [-0.4, -0.2) is 11.6 Å². The van der Waals surface area contributed by atoms with Crippen molar-refractivity contribution >= 4 is 21.5 Å². The Morgan fingerprint density at radius 3 is 2.07 bits per heavy atom. The fraction of sp³-hybridized carbons (Fsp3) is 0.0909. The van der Waals surface area contributed by atoms with Crippen LogP contribution in [0.1, 0.15) is 28.1 Å². The number of Topliss-reactive ketones (excluding diaryl/α,β-unsaturated/α-hetero) is 1. The van der Waals surface area contributed by atoms with Gasteiger partial charge in [0.05, 0.1) is 11.6 Å². The van der Waals surface area contributed by atoms with Gasteiger partial charge in [0.15, 0.2) is 0 Å². The normalized spacial score (nSPS) is 11.7. The van der Waals surface area contributed by atoms with Crippen LogP contribution in [0.2, 0.25) is 0 Å². The molecule has 0 saturated carbocycles. The Hall–Kier alpha value is -0.582. The third-order valence-electron chi connectivity index (χ3n) is 1.77. The van der Waals surface area contributed by atoms with Crippen molar-refractivity contribution < 1.29 is 30.7 Å². The second-order valence-corrected chi connectivity index (χ2v) is 2.53. The van der Waals surface area contributed by atoms with Crippen molar-refractivity contribution in [3.05, 3.63) is 47.5 Å². The van der Waals surface area contributed by atoms with Crippen LogP contribution in [0.15, 0.2) is 30.3 Å². The molecule has 2 rings (SSSR count). The van der Waals surface area contributed by atoms with E-state index in [1.54, 1.807) is 24.3 Å². The predicted octanol–water partition coefficient (Wildman–Crippen LogP) is 2.12. The van der Waals surface area contributed by atoms with E-state index < -0.39 is 0 Å². The van der Waals surface area contributed by atoms with E-state index in [-0.39, 0.29) is 50.0 Å². The quantitative estimate of drug-likeness (QED) is 0.502. The summed E-state index contributed by atoms with van der Waals surface area (Å²) in [5.74, 6) is -0.365. The van der Waals surface area contributed by atoms with Crippen molar-refractivity contribution in [2.24, 2.45) is 0 Å². The molecule has 0 amide bonds. The van der Waals surface area contributed by atoms with Gasteiger partial charge in [-0.05, 0) is 0 Å². The predicted molar refractivity (Wildman–Crippen MR) is 60.8 cm³/mol. The van der Waals surface area contributed by atoms with E-state index in [4.69, 9.17) is 0 Å². The number of benzene rings is 1. The van der Waals surface area contributed by atoms with Gasteiger partial charge in [0.25, 0.3) is 0 Å². The maximum absolute atomic E-state index is 11.2. The van der Waals surface area contributed by atoms with E-state index in [0.29, 0.717) is 11.1 Å². The van der Waals surface area contributed by atoms with Gasteiger partial charge >= 0.3 is 0 Å². The summed E-state index contributed by atoms with van der Waals surface area (Å²) in [7, 11) is 0. The molecule has 0 aliphatic heterocycles. The van der Waals surface area contributed by atoms with Gasteiger partial charge in [-0.15, -0.1) is 18.2 Å². The molecule has 0 fully saturated rings. The van der Waals surface area contributed by atoms with Crippen LogP contribution < -0.4 is 0 Å². The summed E-state index contributed by atoms with van der Waals surface area (Å²) in [5, 5.41) is 0. The van der Waals surface area contributed by atoms with Gasteiger partial charge in [-0.2, -0.15) is 9.90 Å². The molecule has 0 heterocycles. The minimum atomic E-state index is -0.217. The van der Waals surface area contributed by atoms with E-state index >= 15 is 0 Å². The average Bonchev–Trinajstić information content (AvgIpc) is 2.12. The number of fused-ring (bicyclic) bond motifs is 1. The first kappa shape index (κ1) is 16.8. The molecule has 0 aromatic heterocycles. The number of ketones is 2. The zero-order chi connectivity index (χ0) is 8.55. The molecule has 1 aliphatic rings. The fourth-order valence-electron chi connectivity index (χ4n) is 1.18. The molecule has 0 spiro atoms. The van der Waals surface area contributed by atoms with E-state index in [2.05, 4.69) is 6.08 Å². The zero-order valence-electron chi connectivity index (χ0n) is 7.32. The first-order valence-corrected chi connectivity index (χ1v) is 3.56. The first-order chi connectivity index (χ1) is 5.79. The van der Waals surface area contributed by atoms with Gasteiger partial charge in [-0.1, -0.05) is 36.8 Å². The summed E-state index contributed by atoms with van der Waals surface area (Å²) in [6.07, 6.45) is 3.56. The van der Waals surface area contributed by atoms with Crippen molar-refractivity contribution in [2.75, 3.05) is 0 Å². The van der Waals surface area contributed by atoms with Gasteiger partial charge in [0.2, 0.25) is 0 Å². The third kappa shape index (κ3) is 3.19. The summed E-state index contributed by atoms with van der Waals surface area (Å²) in [6, 6.07) is 6.75. The molecule has 1 aromatic carbocycles. The van der Waals surface area contributed by atoms with E-state index in [1.807, 2.05) is 0 Å². The van der Waals surface area contributed by atoms with Crippen molar-refractivity contribution in [2.45, 2.75) is 7.43 Å². The number of hydrogen-bond acceptors (Lipinski definition) is 2. The van der Waals surface area contributed by atoms with Gasteiger partial charge in [0.1, 0.15) is 0 Å². The van der Waals surface area contributed by atoms with Crippen LogP contribution in [-0.2, 0) is 21.1 Å². The molecule has 80 valence electrons. The standard InChI is InChI=1S/C10H5O2.CH4.H3P.W/c11-9-5-6-10(12)8-4-2-1-3-7(8)9;;;/h1-5H;1H4;1H3;/q-1;;;. The Kier molecular flexibility index (Phi) is 7.65. The number of rotatable bonds is 0. The second kappa shape index (κ2) is 6.82. The Morgan fingerprint density at radius 1 is 1.00 bits per heavy atom. The Morgan fingerprint density at radius 2 is 1.53 bits per heavy atom. The molecule has 15 heavy (non-hydrogen) atoms. The minimum Gasteiger partial charge on any atom is -0.366 e. The van der Waals surface area contributed by atoms with Crippen LogP contribution in [0.25, 0.3) is 0 Å². The summed E-state index contributed by atoms with van der Waals surface area (Å²) >= 11 is 0. The van der Waals surface area contributed by atoms with Crippen LogP contribution in [0.3, 0.4) is 0 Å². The zero-order valence-corrected chi connectivity index (χ0v) is 11.7. The Balaban J connectivity index is 0.